The number of nitrogens with zero attached hydrogens (tertiary/aromatic N) is 3. The molecule has 1 amide bonds. The van der Waals surface area contributed by atoms with Gasteiger partial charge in [0.05, 0.1) is 30.3 Å². The fourth-order valence-corrected chi connectivity index (χ4v) is 4.07. The Morgan fingerprint density at radius 1 is 0.949 bits per heavy atom. The molecule has 4 aromatic rings. The van der Waals surface area contributed by atoms with Gasteiger partial charge in [-0.05, 0) is 36.4 Å². The number of halogens is 2. The Labute approximate surface area is 224 Å². The first-order valence-electron chi connectivity index (χ1n) is 12.5. The second kappa shape index (κ2) is 12.4. The molecule has 8 nitrogen and oxygen atoms in total. The Balaban J connectivity index is 1.21. The fourth-order valence-electron chi connectivity index (χ4n) is 4.07. The van der Waals surface area contributed by atoms with Crippen molar-refractivity contribution in [1.82, 2.24) is 14.9 Å². The summed E-state index contributed by atoms with van der Waals surface area (Å²) >= 11 is 0. The minimum Gasteiger partial charge on any atom is -0.492 e. The summed E-state index contributed by atoms with van der Waals surface area (Å²) in [6.45, 7) is 4.19. The molecule has 10 heteroatoms. The van der Waals surface area contributed by atoms with E-state index in [1.165, 1.54) is 30.3 Å². The molecular formula is C29H27F2N5O3. The molecule has 0 atom stereocenters. The number of amides is 1. The maximum atomic E-state index is 14.9. The molecule has 2 heterocycles. The summed E-state index contributed by atoms with van der Waals surface area (Å²) in [5.41, 5.74) is 1.64. The van der Waals surface area contributed by atoms with E-state index < -0.39 is 17.5 Å². The lowest BCUT2D eigenvalue weighted by Crippen LogP contribution is -2.38. The van der Waals surface area contributed by atoms with Crippen molar-refractivity contribution in [2.45, 2.75) is 0 Å². The number of carbonyl (C=O) groups is 1. The lowest BCUT2D eigenvalue weighted by Gasteiger charge is -2.26. The molecular weight excluding hydrogens is 504 g/mol. The molecule has 200 valence electrons. The Morgan fingerprint density at radius 2 is 1.77 bits per heavy atom. The smallest absolute Gasteiger partial charge is 0.255 e. The summed E-state index contributed by atoms with van der Waals surface area (Å²) < 4.78 is 40.4. The lowest BCUT2D eigenvalue weighted by molar-refractivity contribution is 0.0322. The van der Waals surface area contributed by atoms with Crippen LogP contribution in [0.2, 0.25) is 0 Å². The number of ether oxygens (including phenoxy) is 2. The van der Waals surface area contributed by atoms with Gasteiger partial charge in [-0.1, -0.05) is 30.3 Å². The van der Waals surface area contributed by atoms with E-state index in [4.69, 9.17) is 9.47 Å². The zero-order valence-electron chi connectivity index (χ0n) is 21.1. The van der Waals surface area contributed by atoms with E-state index in [2.05, 4.69) is 25.5 Å². The zero-order chi connectivity index (χ0) is 27.0. The quantitative estimate of drug-likeness (QED) is 0.310. The van der Waals surface area contributed by atoms with Gasteiger partial charge in [0.25, 0.3) is 5.91 Å². The predicted octanol–water partition coefficient (Wildman–Crippen LogP) is 5.13. The molecule has 39 heavy (non-hydrogen) atoms. The number of aromatic nitrogens is 2. The van der Waals surface area contributed by atoms with E-state index in [1.54, 1.807) is 12.3 Å². The molecule has 1 aliphatic heterocycles. The summed E-state index contributed by atoms with van der Waals surface area (Å²) in [7, 11) is 0. The highest BCUT2D eigenvalue weighted by atomic mass is 19.1. The first-order valence-corrected chi connectivity index (χ1v) is 12.5. The molecule has 5 rings (SSSR count). The molecule has 2 N–H and O–H groups in total. The summed E-state index contributed by atoms with van der Waals surface area (Å²) in [6, 6.07) is 19.3. The molecule has 1 fully saturated rings. The molecule has 0 unspecified atom stereocenters. The molecule has 0 aliphatic carbocycles. The monoisotopic (exact) mass is 531 g/mol. The van der Waals surface area contributed by atoms with Crippen molar-refractivity contribution < 1.29 is 23.0 Å². The Bertz CT molecular complexity index is 1430. The van der Waals surface area contributed by atoms with E-state index in [0.717, 1.165) is 24.7 Å². The number of rotatable bonds is 9. The first-order chi connectivity index (χ1) is 19.0. The van der Waals surface area contributed by atoms with Crippen LogP contribution in [0.1, 0.15) is 10.4 Å². The van der Waals surface area contributed by atoms with Gasteiger partial charge in [-0.25, -0.2) is 18.7 Å². The Hall–Kier alpha value is -4.41. The van der Waals surface area contributed by atoms with E-state index in [9.17, 15) is 13.6 Å². The van der Waals surface area contributed by atoms with Crippen molar-refractivity contribution >= 4 is 23.2 Å². The van der Waals surface area contributed by atoms with Gasteiger partial charge < -0.3 is 20.1 Å². The van der Waals surface area contributed by atoms with Crippen molar-refractivity contribution in [2.75, 3.05) is 50.1 Å². The highest BCUT2D eigenvalue weighted by Gasteiger charge is 2.15. The normalized spacial score (nSPS) is 13.6. The Morgan fingerprint density at radius 3 is 2.56 bits per heavy atom. The van der Waals surface area contributed by atoms with Crippen molar-refractivity contribution in [3.05, 3.63) is 96.2 Å². The van der Waals surface area contributed by atoms with Gasteiger partial charge in [0, 0.05) is 43.0 Å². The molecule has 1 saturated heterocycles. The summed E-state index contributed by atoms with van der Waals surface area (Å²) in [5, 5.41) is 5.34. The lowest BCUT2D eigenvalue weighted by atomic mass is 10.1. The third-order valence-electron chi connectivity index (χ3n) is 6.17. The van der Waals surface area contributed by atoms with Gasteiger partial charge in [-0.3, -0.25) is 9.69 Å². The van der Waals surface area contributed by atoms with E-state index >= 15 is 0 Å². The van der Waals surface area contributed by atoms with Crippen LogP contribution in [0.4, 0.5) is 26.1 Å². The van der Waals surface area contributed by atoms with Gasteiger partial charge >= 0.3 is 0 Å². The minimum atomic E-state index is -0.683. The summed E-state index contributed by atoms with van der Waals surface area (Å²) in [4.78, 5) is 23.6. The second-order valence-corrected chi connectivity index (χ2v) is 8.85. The molecule has 3 aromatic carbocycles. The second-order valence-electron chi connectivity index (χ2n) is 8.85. The van der Waals surface area contributed by atoms with Gasteiger partial charge in [0.2, 0.25) is 5.95 Å². The van der Waals surface area contributed by atoms with Crippen LogP contribution in [0.3, 0.4) is 0 Å². The van der Waals surface area contributed by atoms with Gasteiger partial charge in [0.15, 0.2) is 0 Å². The van der Waals surface area contributed by atoms with Crippen LogP contribution >= 0.6 is 0 Å². The third-order valence-corrected chi connectivity index (χ3v) is 6.17. The molecule has 0 bridgehead atoms. The van der Waals surface area contributed by atoms with E-state index in [0.29, 0.717) is 37.8 Å². The van der Waals surface area contributed by atoms with Crippen molar-refractivity contribution in [1.29, 1.82) is 0 Å². The van der Waals surface area contributed by atoms with Crippen LogP contribution in [0.5, 0.6) is 5.75 Å². The van der Waals surface area contributed by atoms with Crippen LogP contribution in [0.15, 0.2) is 79.0 Å². The number of nitrogens with one attached hydrogen (secondary N) is 2. The molecule has 1 aliphatic rings. The van der Waals surface area contributed by atoms with E-state index in [1.807, 2.05) is 30.3 Å². The standard InChI is InChI=1S/C29H27F2N5O3/c30-23-8-7-22(39-17-14-36-12-15-38-16-13-36)19-27(23)33-28(37)21-6-9-26(24(31)18-21)35-29-32-11-10-25(34-29)20-4-2-1-3-5-20/h1-11,18-19H,12-17H2,(H,33,37)(H,32,34,35). The average Bonchev–Trinajstić information content (AvgIpc) is 2.97. The maximum Gasteiger partial charge on any atom is 0.255 e. The largest absolute Gasteiger partial charge is 0.492 e. The van der Waals surface area contributed by atoms with Crippen molar-refractivity contribution in [2.24, 2.45) is 0 Å². The van der Waals surface area contributed by atoms with Crippen molar-refractivity contribution in [3.8, 4) is 17.0 Å². The molecule has 0 spiro atoms. The Kier molecular flexibility index (Phi) is 8.35. The summed E-state index contributed by atoms with van der Waals surface area (Å²) in [5.74, 6) is -1.34. The van der Waals surface area contributed by atoms with Crippen LogP contribution in [0.25, 0.3) is 11.3 Å². The van der Waals surface area contributed by atoms with Crippen molar-refractivity contribution in [3.63, 3.8) is 0 Å². The highest BCUT2D eigenvalue weighted by molar-refractivity contribution is 6.04. The number of benzene rings is 3. The molecule has 1 aromatic heterocycles. The number of hydrogen-bond acceptors (Lipinski definition) is 7. The van der Waals surface area contributed by atoms with Gasteiger partial charge in [-0.15, -0.1) is 0 Å². The maximum absolute atomic E-state index is 14.9. The van der Waals surface area contributed by atoms with E-state index in [-0.39, 0.29) is 22.9 Å². The predicted molar refractivity (Wildman–Crippen MR) is 144 cm³/mol. The van der Waals surface area contributed by atoms with Gasteiger partial charge in [-0.2, -0.15) is 0 Å². The van der Waals surface area contributed by atoms with Crippen LogP contribution < -0.4 is 15.4 Å². The third kappa shape index (κ3) is 6.92. The fraction of sp³-hybridized carbons (Fsp3) is 0.207. The number of hydrogen-bond donors (Lipinski definition) is 2. The molecule has 0 saturated carbocycles. The number of carbonyl (C=O) groups excluding carboxylic acids is 1. The minimum absolute atomic E-state index is 0.0232. The topological polar surface area (TPSA) is 88.6 Å². The summed E-state index contributed by atoms with van der Waals surface area (Å²) in [6.07, 6.45) is 1.58. The highest BCUT2D eigenvalue weighted by Crippen LogP contribution is 2.25. The van der Waals surface area contributed by atoms with Crippen LogP contribution in [0, 0.1) is 11.6 Å². The number of morpholine rings is 1. The SMILES string of the molecule is O=C(Nc1cc(OCCN2CCOCC2)ccc1F)c1ccc(Nc2nccc(-c3ccccc3)n2)c(F)c1. The number of anilines is 3. The first kappa shape index (κ1) is 26.2. The van der Waals surface area contributed by atoms with Gasteiger partial charge in [0.1, 0.15) is 24.0 Å². The van der Waals surface area contributed by atoms with Crippen LogP contribution in [-0.2, 0) is 4.74 Å². The molecule has 0 radical (unpaired) electrons. The average molecular weight is 532 g/mol. The van der Waals surface area contributed by atoms with Crippen LogP contribution in [-0.4, -0.2) is 60.2 Å². The zero-order valence-corrected chi connectivity index (χ0v) is 21.1.